The van der Waals surface area contributed by atoms with Crippen LogP contribution in [0.1, 0.15) is 38.4 Å². The number of hydrogen-bond donors (Lipinski definition) is 2. The van der Waals surface area contributed by atoms with Gasteiger partial charge in [-0.2, -0.15) is 0 Å². The normalized spacial score (nSPS) is 10.2. The number of amides is 2. The van der Waals surface area contributed by atoms with Crippen molar-refractivity contribution in [2.24, 2.45) is 0 Å². The molecular weight excluding hydrogens is 296 g/mol. The Hall–Kier alpha value is -1.36. The van der Waals surface area contributed by atoms with E-state index >= 15 is 0 Å². The Kier molecular flexibility index (Phi) is 5.85. The molecule has 0 aromatic heterocycles. The van der Waals surface area contributed by atoms with E-state index in [0.29, 0.717) is 12.8 Å². The summed E-state index contributed by atoms with van der Waals surface area (Å²) in [7, 11) is 0. The lowest BCUT2D eigenvalue weighted by molar-refractivity contribution is -0.124. The van der Waals surface area contributed by atoms with Gasteiger partial charge in [0.25, 0.3) is 0 Å². The molecule has 2 amide bonds. The maximum Gasteiger partial charge on any atom is 0.221 e. The monoisotopic (exact) mass is 312 g/mol. The summed E-state index contributed by atoms with van der Waals surface area (Å²) in [6.45, 7) is 3.55. The van der Waals surface area contributed by atoms with Crippen LogP contribution < -0.4 is 10.6 Å². The molecule has 0 bridgehead atoms. The summed E-state index contributed by atoms with van der Waals surface area (Å²) >= 11 is 3.35. The van der Waals surface area contributed by atoms with Gasteiger partial charge in [0.1, 0.15) is 6.17 Å². The van der Waals surface area contributed by atoms with Gasteiger partial charge in [-0.25, -0.2) is 0 Å². The molecule has 98 valence electrons. The van der Waals surface area contributed by atoms with Crippen LogP contribution in [-0.2, 0) is 9.59 Å². The number of benzene rings is 1. The molecule has 0 saturated carbocycles. The van der Waals surface area contributed by atoms with Gasteiger partial charge in [-0.05, 0) is 17.7 Å². The van der Waals surface area contributed by atoms with Gasteiger partial charge in [-0.15, -0.1) is 0 Å². The van der Waals surface area contributed by atoms with Crippen LogP contribution in [0.5, 0.6) is 0 Å². The van der Waals surface area contributed by atoms with Gasteiger partial charge in [0.15, 0.2) is 0 Å². The highest BCUT2D eigenvalue weighted by molar-refractivity contribution is 9.10. The third-order valence-electron chi connectivity index (χ3n) is 2.46. The van der Waals surface area contributed by atoms with Crippen LogP contribution in [0.2, 0.25) is 0 Å². The smallest absolute Gasteiger partial charge is 0.221 e. The van der Waals surface area contributed by atoms with Crippen LogP contribution >= 0.6 is 15.9 Å². The first-order valence-electron chi connectivity index (χ1n) is 5.91. The summed E-state index contributed by atoms with van der Waals surface area (Å²) < 4.78 is 0.952. The topological polar surface area (TPSA) is 58.2 Å². The zero-order valence-corrected chi connectivity index (χ0v) is 12.1. The lowest BCUT2D eigenvalue weighted by atomic mass is 10.1. The maximum atomic E-state index is 11.5. The van der Waals surface area contributed by atoms with Gasteiger partial charge >= 0.3 is 0 Å². The number of rotatable bonds is 5. The van der Waals surface area contributed by atoms with Crippen molar-refractivity contribution in [3.05, 3.63) is 34.3 Å². The summed E-state index contributed by atoms with van der Waals surface area (Å²) in [6, 6.07) is 7.47. The number of carbonyl (C=O) groups excluding carboxylic acids is 2. The minimum atomic E-state index is -0.474. The second-order valence-electron chi connectivity index (χ2n) is 3.83. The Morgan fingerprint density at radius 2 is 1.50 bits per heavy atom. The molecule has 0 aliphatic carbocycles. The highest BCUT2D eigenvalue weighted by atomic mass is 79.9. The molecule has 1 rings (SSSR count). The summed E-state index contributed by atoms with van der Waals surface area (Å²) in [5.74, 6) is -0.196. The Morgan fingerprint density at radius 1 is 1.06 bits per heavy atom. The van der Waals surface area contributed by atoms with E-state index in [1.54, 1.807) is 13.8 Å². The van der Waals surface area contributed by atoms with E-state index in [1.165, 1.54) is 0 Å². The number of halogens is 1. The minimum absolute atomic E-state index is 0.0979. The predicted octanol–water partition coefficient (Wildman–Crippen LogP) is 2.50. The van der Waals surface area contributed by atoms with Crippen molar-refractivity contribution in [3.63, 3.8) is 0 Å². The zero-order valence-electron chi connectivity index (χ0n) is 10.5. The number of nitrogens with one attached hydrogen (secondary N) is 2. The van der Waals surface area contributed by atoms with Crippen molar-refractivity contribution < 1.29 is 9.59 Å². The second kappa shape index (κ2) is 7.16. The SMILES string of the molecule is CCC(=O)NC(NC(=O)CC)c1ccc(Br)cc1. The third-order valence-corrected chi connectivity index (χ3v) is 2.98. The van der Waals surface area contributed by atoms with Gasteiger partial charge in [0.2, 0.25) is 11.8 Å². The minimum Gasteiger partial charge on any atom is -0.332 e. The molecule has 1 aromatic carbocycles. The Balaban J connectivity index is 2.85. The molecular formula is C13H17BrN2O2. The molecule has 0 unspecified atom stereocenters. The van der Waals surface area contributed by atoms with Gasteiger partial charge in [0.05, 0.1) is 0 Å². The molecule has 1 aromatic rings. The van der Waals surface area contributed by atoms with Crippen molar-refractivity contribution >= 4 is 27.7 Å². The fourth-order valence-electron chi connectivity index (χ4n) is 1.38. The Morgan fingerprint density at radius 3 is 1.89 bits per heavy atom. The van der Waals surface area contributed by atoms with Crippen LogP contribution in [-0.4, -0.2) is 11.8 Å². The lowest BCUT2D eigenvalue weighted by Gasteiger charge is -2.20. The molecule has 4 nitrogen and oxygen atoms in total. The quantitative estimate of drug-likeness (QED) is 0.821. The zero-order chi connectivity index (χ0) is 13.5. The second-order valence-corrected chi connectivity index (χ2v) is 4.74. The third kappa shape index (κ3) is 4.49. The Bertz CT molecular complexity index is 400. The van der Waals surface area contributed by atoms with Gasteiger partial charge in [-0.3, -0.25) is 9.59 Å². The largest absolute Gasteiger partial charge is 0.332 e. The van der Waals surface area contributed by atoms with E-state index in [-0.39, 0.29) is 11.8 Å². The van der Waals surface area contributed by atoms with Gasteiger partial charge < -0.3 is 10.6 Å². The molecule has 5 heteroatoms. The maximum absolute atomic E-state index is 11.5. The van der Waals surface area contributed by atoms with E-state index in [4.69, 9.17) is 0 Å². The van der Waals surface area contributed by atoms with Crippen LogP contribution in [0, 0.1) is 0 Å². The molecule has 0 heterocycles. The van der Waals surface area contributed by atoms with Crippen molar-refractivity contribution in [2.75, 3.05) is 0 Å². The van der Waals surface area contributed by atoms with Gasteiger partial charge in [-0.1, -0.05) is 41.9 Å². The van der Waals surface area contributed by atoms with E-state index < -0.39 is 6.17 Å². The van der Waals surface area contributed by atoms with Crippen molar-refractivity contribution in [1.29, 1.82) is 0 Å². The van der Waals surface area contributed by atoms with Crippen LogP contribution in [0.3, 0.4) is 0 Å². The standard InChI is InChI=1S/C13H17BrN2O2/c1-3-11(17)15-13(16-12(18)4-2)9-5-7-10(14)8-6-9/h5-8,13H,3-4H2,1-2H3,(H,15,17)(H,16,18). The molecule has 2 N–H and O–H groups in total. The fourth-order valence-corrected chi connectivity index (χ4v) is 1.65. The van der Waals surface area contributed by atoms with Crippen LogP contribution in [0.25, 0.3) is 0 Å². The molecule has 0 spiro atoms. The van der Waals surface area contributed by atoms with Crippen molar-refractivity contribution in [2.45, 2.75) is 32.9 Å². The summed E-state index contributed by atoms with van der Waals surface area (Å²) in [5, 5.41) is 5.56. The summed E-state index contributed by atoms with van der Waals surface area (Å²) in [6.07, 6.45) is 0.294. The first-order valence-corrected chi connectivity index (χ1v) is 6.70. The summed E-state index contributed by atoms with van der Waals surface area (Å²) in [5.41, 5.74) is 0.849. The van der Waals surface area contributed by atoms with Crippen LogP contribution in [0.15, 0.2) is 28.7 Å². The molecule has 0 radical (unpaired) electrons. The average molecular weight is 313 g/mol. The number of hydrogen-bond acceptors (Lipinski definition) is 2. The summed E-state index contributed by atoms with van der Waals surface area (Å²) in [4.78, 5) is 22.9. The lowest BCUT2D eigenvalue weighted by Crippen LogP contribution is -2.40. The van der Waals surface area contributed by atoms with E-state index in [9.17, 15) is 9.59 Å². The van der Waals surface area contributed by atoms with Crippen molar-refractivity contribution in [3.8, 4) is 0 Å². The fraction of sp³-hybridized carbons (Fsp3) is 0.385. The first-order chi connectivity index (χ1) is 8.56. The molecule has 0 aliphatic heterocycles. The van der Waals surface area contributed by atoms with Gasteiger partial charge in [0, 0.05) is 17.3 Å². The molecule has 0 fully saturated rings. The number of carbonyl (C=O) groups is 2. The molecule has 0 aliphatic rings. The van der Waals surface area contributed by atoms with Crippen molar-refractivity contribution in [1.82, 2.24) is 10.6 Å². The van der Waals surface area contributed by atoms with Crippen LogP contribution in [0.4, 0.5) is 0 Å². The van der Waals surface area contributed by atoms with E-state index in [0.717, 1.165) is 10.0 Å². The molecule has 18 heavy (non-hydrogen) atoms. The molecule has 0 atom stereocenters. The first kappa shape index (κ1) is 14.7. The van der Waals surface area contributed by atoms with E-state index in [2.05, 4.69) is 26.6 Å². The average Bonchev–Trinajstić information content (AvgIpc) is 2.38. The molecule has 0 saturated heterocycles. The highest BCUT2D eigenvalue weighted by Crippen LogP contribution is 2.15. The Labute approximate surface area is 115 Å². The van der Waals surface area contributed by atoms with E-state index in [1.807, 2.05) is 24.3 Å². The predicted molar refractivity (Wildman–Crippen MR) is 73.8 cm³/mol. The highest BCUT2D eigenvalue weighted by Gasteiger charge is 2.15.